The summed E-state index contributed by atoms with van der Waals surface area (Å²) < 4.78 is 13.2. The fraction of sp³-hybridized carbons (Fsp3) is 0.217. The van der Waals surface area contributed by atoms with E-state index in [1.165, 1.54) is 23.9 Å². The minimum Gasteiger partial charge on any atom is -0.368 e. The number of para-hydroxylation sites is 1. The normalized spacial score (nSPS) is 13.5. The van der Waals surface area contributed by atoms with E-state index in [0.29, 0.717) is 16.3 Å². The van der Waals surface area contributed by atoms with Crippen LogP contribution in [0.15, 0.2) is 66.0 Å². The number of carbonyl (C=O) groups is 1. The summed E-state index contributed by atoms with van der Waals surface area (Å²) in [6, 6.07) is 15.5. The molecule has 1 N–H and O–H groups in total. The molecule has 162 valence electrons. The van der Waals surface area contributed by atoms with E-state index in [-0.39, 0.29) is 17.5 Å². The molecule has 2 aromatic carbocycles. The monoisotopic (exact) mass is 448 g/mol. The van der Waals surface area contributed by atoms with Crippen LogP contribution in [0.25, 0.3) is 0 Å². The van der Waals surface area contributed by atoms with E-state index in [4.69, 9.17) is 0 Å². The first-order valence-corrected chi connectivity index (χ1v) is 11.1. The van der Waals surface area contributed by atoms with Crippen LogP contribution in [-0.4, -0.2) is 47.8 Å². The van der Waals surface area contributed by atoms with E-state index < -0.39 is 0 Å². The lowest BCUT2D eigenvalue weighted by atomic mass is 10.2. The molecule has 4 rings (SSSR count). The van der Waals surface area contributed by atoms with Gasteiger partial charge in [-0.1, -0.05) is 23.9 Å². The molecule has 2 heterocycles. The topological polar surface area (TPSA) is 85.1 Å². The van der Waals surface area contributed by atoms with Gasteiger partial charge in [-0.15, -0.1) is 0 Å². The highest BCUT2D eigenvalue weighted by molar-refractivity contribution is 8.00. The van der Waals surface area contributed by atoms with Crippen molar-refractivity contribution in [3.05, 3.63) is 72.3 Å². The Hall–Kier alpha value is -3.64. The van der Waals surface area contributed by atoms with Gasteiger partial charge in [-0.2, -0.15) is 5.26 Å². The average molecular weight is 449 g/mol. The minimum absolute atomic E-state index is 0.154. The summed E-state index contributed by atoms with van der Waals surface area (Å²) in [6.07, 6.45) is 3.26. The molecule has 1 aromatic heterocycles. The lowest BCUT2D eigenvalue weighted by Gasteiger charge is -2.37. The molecule has 0 radical (unpaired) electrons. The summed E-state index contributed by atoms with van der Waals surface area (Å²) in [6.45, 7) is 3.03. The summed E-state index contributed by atoms with van der Waals surface area (Å²) in [4.78, 5) is 25.7. The summed E-state index contributed by atoms with van der Waals surface area (Å²) in [5.41, 5.74) is 1.91. The van der Waals surface area contributed by atoms with Crippen molar-refractivity contribution in [3.63, 3.8) is 0 Å². The zero-order valence-electron chi connectivity index (χ0n) is 17.2. The van der Waals surface area contributed by atoms with Crippen molar-refractivity contribution in [2.24, 2.45) is 0 Å². The summed E-state index contributed by atoms with van der Waals surface area (Å²) in [7, 11) is 0. The number of benzene rings is 2. The summed E-state index contributed by atoms with van der Waals surface area (Å²) >= 11 is 1.31. The van der Waals surface area contributed by atoms with E-state index in [1.807, 2.05) is 0 Å². The predicted octanol–water partition coefficient (Wildman–Crippen LogP) is 3.54. The van der Waals surface area contributed by atoms with Crippen LogP contribution in [0.1, 0.15) is 5.56 Å². The van der Waals surface area contributed by atoms with Gasteiger partial charge < -0.3 is 15.1 Å². The third-order valence-electron chi connectivity index (χ3n) is 5.08. The molecule has 0 atom stereocenters. The molecule has 7 nitrogen and oxygen atoms in total. The highest BCUT2D eigenvalue weighted by Gasteiger charge is 2.22. The van der Waals surface area contributed by atoms with Crippen molar-refractivity contribution in [1.82, 2.24) is 9.97 Å². The maximum atomic E-state index is 13.2. The maximum Gasteiger partial charge on any atom is 0.234 e. The molecule has 1 fully saturated rings. The number of halogens is 1. The Bertz CT molecular complexity index is 1130. The third-order valence-corrected chi connectivity index (χ3v) is 6.05. The van der Waals surface area contributed by atoms with Gasteiger partial charge in [-0.3, -0.25) is 4.79 Å². The average Bonchev–Trinajstić information content (AvgIpc) is 2.84. The Morgan fingerprint density at radius 2 is 1.72 bits per heavy atom. The third kappa shape index (κ3) is 5.15. The van der Waals surface area contributed by atoms with Crippen LogP contribution < -0.4 is 15.1 Å². The Morgan fingerprint density at radius 1 is 1.03 bits per heavy atom. The maximum absolute atomic E-state index is 13.2. The van der Waals surface area contributed by atoms with Crippen LogP contribution >= 0.6 is 11.8 Å². The Balaban J connectivity index is 1.36. The predicted molar refractivity (Wildman–Crippen MR) is 123 cm³/mol. The van der Waals surface area contributed by atoms with Gasteiger partial charge in [0.05, 0.1) is 17.0 Å². The van der Waals surface area contributed by atoms with Gasteiger partial charge in [0.1, 0.15) is 16.9 Å². The van der Waals surface area contributed by atoms with E-state index >= 15 is 0 Å². The van der Waals surface area contributed by atoms with Gasteiger partial charge >= 0.3 is 0 Å². The molecule has 1 aliphatic rings. The lowest BCUT2D eigenvalue weighted by molar-refractivity contribution is -0.113. The van der Waals surface area contributed by atoms with Crippen molar-refractivity contribution >= 4 is 34.9 Å². The number of hydrogen-bond acceptors (Lipinski definition) is 7. The number of carbonyl (C=O) groups excluding carboxylic acids is 1. The molecule has 1 saturated heterocycles. The first kappa shape index (κ1) is 21.6. The van der Waals surface area contributed by atoms with Crippen LogP contribution in [-0.2, 0) is 4.79 Å². The van der Waals surface area contributed by atoms with Crippen LogP contribution in [0, 0.1) is 17.1 Å². The fourth-order valence-electron chi connectivity index (χ4n) is 3.47. The largest absolute Gasteiger partial charge is 0.368 e. The number of nitriles is 1. The second-order valence-electron chi connectivity index (χ2n) is 7.13. The zero-order chi connectivity index (χ0) is 22.3. The van der Waals surface area contributed by atoms with Gasteiger partial charge in [-0.25, -0.2) is 14.4 Å². The number of nitrogens with one attached hydrogen (secondary N) is 1. The van der Waals surface area contributed by atoms with E-state index in [2.05, 4.69) is 31.2 Å². The van der Waals surface area contributed by atoms with Crippen LogP contribution in [0.5, 0.6) is 0 Å². The molecule has 3 aromatic rings. The van der Waals surface area contributed by atoms with Crippen molar-refractivity contribution < 1.29 is 9.18 Å². The van der Waals surface area contributed by atoms with Gasteiger partial charge in [0.15, 0.2) is 5.82 Å². The minimum atomic E-state index is -0.242. The van der Waals surface area contributed by atoms with Gasteiger partial charge in [0, 0.05) is 44.3 Å². The van der Waals surface area contributed by atoms with Crippen molar-refractivity contribution in [3.8, 4) is 6.07 Å². The molecular weight excluding hydrogens is 427 g/mol. The highest BCUT2D eigenvalue weighted by atomic mass is 32.2. The number of thioether (sulfide) groups is 1. The fourth-order valence-corrected chi connectivity index (χ4v) is 4.26. The van der Waals surface area contributed by atoms with E-state index in [1.54, 1.807) is 48.8 Å². The van der Waals surface area contributed by atoms with Gasteiger partial charge in [0.2, 0.25) is 5.91 Å². The van der Waals surface area contributed by atoms with Gasteiger partial charge in [0.25, 0.3) is 0 Å². The molecule has 0 unspecified atom stereocenters. The van der Waals surface area contributed by atoms with Crippen molar-refractivity contribution in [1.29, 1.82) is 5.26 Å². The Kier molecular flexibility index (Phi) is 6.82. The zero-order valence-corrected chi connectivity index (χ0v) is 18.1. The summed E-state index contributed by atoms with van der Waals surface area (Å²) in [5, 5.41) is 12.6. The van der Waals surface area contributed by atoms with Crippen molar-refractivity contribution in [2.75, 3.05) is 47.0 Å². The number of amides is 1. The Morgan fingerprint density at radius 3 is 2.47 bits per heavy atom. The molecule has 9 heteroatoms. The second kappa shape index (κ2) is 10.1. The molecule has 0 bridgehead atoms. The smallest absolute Gasteiger partial charge is 0.234 e. The Labute approximate surface area is 189 Å². The number of nitrogens with zero attached hydrogens (tertiary/aromatic N) is 5. The van der Waals surface area contributed by atoms with Gasteiger partial charge in [-0.05, 0) is 36.4 Å². The number of rotatable bonds is 6. The number of aromatic nitrogens is 2. The highest BCUT2D eigenvalue weighted by Crippen LogP contribution is 2.28. The van der Waals surface area contributed by atoms with Crippen molar-refractivity contribution in [2.45, 2.75) is 5.03 Å². The van der Waals surface area contributed by atoms with Crippen LogP contribution in [0.4, 0.5) is 21.6 Å². The molecule has 32 heavy (non-hydrogen) atoms. The second-order valence-corrected chi connectivity index (χ2v) is 8.09. The number of hydrogen-bond donors (Lipinski definition) is 1. The van der Waals surface area contributed by atoms with E-state index in [9.17, 15) is 14.4 Å². The quantitative estimate of drug-likeness (QED) is 0.577. The SMILES string of the molecule is N#Cc1ccccc1NC(=O)CSc1nccnc1N1CCN(c2ccc(F)cc2)CC1. The standard InChI is InChI=1S/C23H21FN6OS/c24-18-5-7-19(8-6-18)29-11-13-30(14-12-29)22-23(27-10-9-26-22)32-16-21(31)28-20-4-2-1-3-17(20)15-25/h1-10H,11-14,16H2,(H,28,31). The van der Waals surface area contributed by atoms with Crippen LogP contribution in [0.3, 0.4) is 0 Å². The molecule has 0 spiro atoms. The number of anilines is 3. The van der Waals surface area contributed by atoms with E-state index in [0.717, 1.165) is 37.7 Å². The molecule has 0 aliphatic carbocycles. The lowest BCUT2D eigenvalue weighted by Crippen LogP contribution is -2.47. The first-order chi connectivity index (χ1) is 15.6. The molecular formula is C23H21FN6OS. The summed E-state index contributed by atoms with van der Waals surface area (Å²) in [5.74, 6) is 0.451. The molecule has 1 aliphatic heterocycles. The molecule has 0 saturated carbocycles. The molecule has 1 amide bonds. The first-order valence-electron chi connectivity index (χ1n) is 10.1. The number of piperazine rings is 1. The van der Waals surface area contributed by atoms with Crippen LogP contribution in [0.2, 0.25) is 0 Å².